The van der Waals surface area contributed by atoms with Crippen molar-refractivity contribution >= 4 is 16.8 Å². The molecule has 0 amide bonds. The Labute approximate surface area is 81.6 Å². The van der Waals surface area contributed by atoms with Gasteiger partial charge in [-0.3, -0.25) is 4.21 Å². The van der Waals surface area contributed by atoms with Crippen LogP contribution in [0.15, 0.2) is 12.2 Å². The van der Waals surface area contributed by atoms with Gasteiger partial charge in [0.2, 0.25) is 0 Å². The minimum Gasteiger partial charge on any atom is -0.461 e. The molecule has 0 saturated carbocycles. The second-order valence-electron chi connectivity index (χ2n) is 2.91. The van der Waals surface area contributed by atoms with Crippen molar-refractivity contribution in [2.24, 2.45) is 0 Å². The minimum absolute atomic E-state index is 0.0664. The average molecular weight is 204 g/mol. The van der Waals surface area contributed by atoms with Gasteiger partial charge >= 0.3 is 5.97 Å². The Bertz CT molecular complexity index is 223. The molecule has 0 N–H and O–H groups in total. The average Bonchev–Trinajstić information content (AvgIpc) is 2.04. The van der Waals surface area contributed by atoms with Crippen molar-refractivity contribution in [3.8, 4) is 0 Å². The Hall–Kier alpha value is -0.640. The van der Waals surface area contributed by atoms with Crippen molar-refractivity contribution in [3.05, 3.63) is 12.2 Å². The topological polar surface area (TPSA) is 43.4 Å². The summed E-state index contributed by atoms with van der Waals surface area (Å²) in [7, 11) is -0.940. The summed E-state index contributed by atoms with van der Waals surface area (Å²) in [6, 6.07) is 0. The molecule has 0 rings (SSSR count). The highest BCUT2D eigenvalue weighted by atomic mass is 32.2. The van der Waals surface area contributed by atoms with Gasteiger partial charge in [-0.25, -0.2) is 4.79 Å². The Morgan fingerprint density at radius 3 is 2.46 bits per heavy atom. The number of ether oxygens (including phenoxy) is 1. The fourth-order valence-corrected chi connectivity index (χ4v) is 1.47. The largest absolute Gasteiger partial charge is 0.461 e. The van der Waals surface area contributed by atoms with Gasteiger partial charge in [-0.05, 0) is 13.3 Å². The molecular formula is C9H16O3S. The van der Waals surface area contributed by atoms with E-state index in [4.69, 9.17) is 4.74 Å². The number of esters is 1. The summed E-state index contributed by atoms with van der Waals surface area (Å²) in [5.74, 6) is -0.413. The molecule has 0 aromatic carbocycles. The molecule has 0 radical (unpaired) electrons. The van der Waals surface area contributed by atoms with E-state index in [1.54, 1.807) is 13.2 Å². The fourth-order valence-electron chi connectivity index (χ4n) is 0.740. The van der Waals surface area contributed by atoms with Crippen LogP contribution in [0.2, 0.25) is 0 Å². The van der Waals surface area contributed by atoms with Gasteiger partial charge in [0.1, 0.15) is 6.61 Å². The quantitative estimate of drug-likeness (QED) is 0.500. The molecule has 2 unspecified atom stereocenters. The summed E-state index contributed by atoms with van der Waals surface area (Å²) in [4.78, 5) is 11.0. The molecule has 0 fully saturated rings. The first kappa shape index (κ1) is 12.4. The van der Waals surface area contributed by atoms with E-state index in [0.29, 0.717) is 5.57 Å². The van der Waals surface area contributed by atoms with Gasteiger partial charge in [-0.2, -0.15) is 0 Å². The maximum Gasteiger partial charge on any atom is 0.333 e. The van der Waals surface area contributed by atoms with Crippen LogP contribution in [0.4, 0.5) is 0 Å². The van der Waals surface area contributed by atoms with Crippen molar-refractivity contribution in [1.29, 1.82) is 0 Å². The Kier molecular flexibility index (Phi) is 5.62. The lowest BCUT2D eigenvalue weighted by atomic mass is 10.3. The third kappa shape index (κ3) is 4.83. The van der Waals surface area contributed by atoms with Gasteiger partial charge < -0.3 is 4.74 Å². The van der Waals surface area contributed by atoms with Crippen LogP contribution in [-0.4, -0.2) is 28.3 Å². The highest BCUT2D eigenvalue weighted by molar-refractivity contribution is 7.84. The SMILES string of the molecule is C=C(C)C(=O)OCC(CC)S(C)=O. The fraction of sp³-hybridized carbons (Fsp3) is 0.667. The molecule has 4 heteroatoms. The molecule has 76 valence electrons. The molecule has 0 aliphatic carbocycles. The highest BCUT2D eigenvalue weighted by Gasteiger charge is 2.13. The van der Waals surface area contributed by atoms with Crippen LogP contribution in [0.3, 0.4) is 0 Å². The van der Waals surface area contributed by atoms with Gasteiger partial charge in [-0.1, -0.05) is 13.5 Å². The first-order chi connectivity index (χ1) is 5.99. The third-order valence-corrected chi connectivity index (χ3v) is 3.08. The third-order valence-electron chi connectivity index (χ3n) is 1.67. The molecule has 0 heterocycles. The number of carbonyl (C=O) groups excluding carboxylic acids is 1. The van der Waals surface area contributed by atoms with Crippen molar-refractivity contribution in [3.63, 3.8) is 0 Å². The smallest absolute Gasteiger partial charge is 0.333 e. The summed E-state index contributed by atoms with van der Waals surface area (Å²) in [6.07, 6.45) is 2.36. The maximum atomic E-state index is 11.1. The van der Waals surface area contributed by atoms with E-state index in [2.05, 4.69) is 6.58 Å². The monoisotopic (exact) mass is 204 g/mol. The molecule has 0 bridgehead atoms. The number of carbonyl (C=O) groups is 1. The first-order valence-electron chi connectivity index (χ1n) is 4.13. The lowest BCUT2D eigenvalue weighted by molar-refractivity contribution is -0.138. The summed E-state index contributed by atoms with van der Waals surface area (Å²) in [6.45, 7) is 7.17. The second-order valence-corrected chi connectivity index (χ2v) is 4.57. The van der Waals surface area contributed by atoms with Crippen LogP contribution < -0.4 is 0 Å². The van der Waals surface area contributed by atoms with Crippen molar-refractivity contribution in [2.75, 3.05) is 12.9 Å². The molecule has 0 spiro atoms. The van der Waals surface area contributed by atoms with E-state index in [-0.39, 0.29) is 11.9 Å². The second kappa shape index (κ2) is 5.91. The van der Waals surface area contributed by atoms with Crippen LogP contribution in [0.5, 0.6) is 0 Å². The molecule has 0 saturated heterocycles. The van der Waals surface area contributed by atoms with Gasteiger partial charge in [0.25, 0.3) is 0 Å². The van der Waals surface area contributed by atoms with E-state index in [1.807, 2.05) is 6.92 Å². The summed E-state index contributed by atoms with van der Waals surface area (Å²) in [5, 5.41) is -0.0664. The van der Waals surface area contributed by atoms with Crippen LogP contribution >= 0.6 is 0 Å². The van der Waals surface area contributed by atoms with E-state index in [0.717, 1.165) is 6.42 Å². The van der Waals surface area contributed by atoms with E-state index < -0.39 is 16.8 Å². The molecule has 0 aromatic heterocycles. The number of rotatable bonds is 5. The van der Waals surface area contributed by atoms with Gasteiger partial charge in [0.15, 0.2) is 0 Å². The number of hydrogen-bond donors (Lipinski definition) is 0. The van der Waals surface area contributed by atoms with Crippen molar-refractivity contribution in [2.45, 2.75) is 25.5 Å². The van der Waals surface area contributed by atoms with Crippen molar-refractivity contribution in [1.82, 2.24) is 0 Å². The van der Waals surface area contributed by atoms with Gasteiger partial charge in [0, 0.05) is 22.6 Å². The van der Waals surface area contributed by atoms with Gasteiger partial charge in [-0.15, -0.1) is 0 Å². The zero-order valence-corrected chi connectivity index (χ0v) is 9.15. The molecule has 0 aliphatic rings. The van der Waals surface area contributed by atoms with E-state index in [9.17, 15) is 9.00 Å². The van der Waals surface area contributed by atoms with E-state index in [1.165, 1.54) is 0 Å². The van der Waals surface area contributed by atoms with Crippen LogP contribution in [0.25, 0.3) is 0 Å². The number of hydrogen-bond acceptors (Lipinski definition) is 3. The van der Waals surface area contributed by atoms with Gasteiger partial charge in [0.05, 0.1) is 5.25 Å². The predicted octanol–water partition coefficient (Wildman–Crippen LogP) is 1.26. The first-order valence-corrected chi connectivity index (χ1v) is 5.76. The van der Waals surface area contributed by atoms with Crippen LogP contribution in [0.1, 0.15) is 20.3 Å². The summed E-state index contributed by atoms with van der Waals surface area (Å²) >= 11 is 0. The van der Waals surface area contributed by atoms with Crippen LogP contribution in [-0.2, 0) is 20.3 Å². The lowest BCUT2D eigenvalue weighted by Gasteiger charge is -2.11. The van der Waals surface area contributed by atoms with E-state index >= 15 is 0 Å². The zero-order valence-electron chi connectivity index (χ0n) is 8.33. The molecule has 2 atom stereocenters. The molecular weight excluding hydrogens is 188 g/mol. The normalized spacial score (nSPS) is 14.7. The Morgan fingerprint density at radius 2 is 2.15 bits per heavy atom. The zero-order chi connectivity index (χ0) is 10.4. The van der Waals surface area contributed by atoms with Crippen molar-refractivity contribution < 1.29 is 13.7 Å². The maximum absolute atomic E-state index is 11.1. The molecule has 3 nitrogen and oxygen atoms in total. The van der Waals surface area contributed by atoms with Crippen LogP contribution in [0, 0.1) is 0 Å². The highest BCUT2D eigenvalue weighted by Crippen LogP contribution is 2.02. The molecule has 0 aliphatic heterocycles. The summed E-state index contributed by atoms with van der Waals surface area (Å²) in [5.41, 5.74) is 0.372. The standard InChI is InChI=1S/C9H16O3S/c1-5-8(13(4)11)6-12-9(10)7(2)3/h8H,2,5-6H2,1,3-4H3. The Balaban J connectivity index is 3.92. The minimum atomic E-state index is -0.940. The molecule has 13 heavy (non-hydrogen) atoms. The predicted molar refractivity (Wildman–Crippen MR) is 53.9 cm³/mol. The lowest BCUT2D eigenvalue weighted by Crippen LogP contribution is -2.22. The Morgan fingerprint density at radius 1 is 1.62 bits per heavy atom. The summed E-state index contributed by atoms with van der Waals surface area (Å²) < 4.78 is 15.9. The molecule has 0 aromatic rings.